The van der Waals surface area contributed by atoms with Crippen molar-refractivity contribution < 1.29 is 35.7 Å². The van der Waals surface area contributed by atoms with Crippen LogP contribution in [0, 0.1) is 0 Å². The van der Waals surface area contributed by atoms with Gasteiger partial charge in [-0.05, 0) is 42.0 Å². The van der Waals surface area contributed by atoms with Crippen LogP contribution in [0.3, 0.4) is 0 Å². The molecule has 1 aliphatic heterocycles. The molecule has 0 saturated carbocycles. The van der Waals surface area contributed by atoms with Crippen molar-refractivity contribution in [3.8, 4) is 16.8 Å². The van der Waals surface area contributed by atoms with Gasteiger partial charge in [-0.15, -0.1) is 0 Å². The van der Waals surface area contributed by atoms with Gasteiger partial charge in [0.15, 0.2) is 17.1 Å². The minimum atomic E-state index is -4.92. The minimum absolute atomic E-state index is 0.00531. The second-order valence-electron chi connectivity index (χ2n) is 9.56. The smallest absolute Gasteiger partial charge is 0.383 e. The summed E-state index contributed by atoms with van der Waals surface area (Å²) in [5.41, 5.74) is 4.95. The number of imide groups is 1. The number of fused-ring (bicyclic) bond motifs is 2. The number of anilines is 3. The molecule has 6 rings (SSSR count). The number of hydrogen-bond acceptors (Lipinski definition) is 9. The van der Waals surface area contributed by atoms with E-state index in [4.69, 9.17) is 15.4 Å². The summed E-state index contributed by atoms with van der Waals surface area (Å²) < 4.78 is 71.9. The molecule has 1 aliphatic rings. The molecule has 0 unspecified atom stereocenters. The highest BCUT2D eigenvalue weighted by Gasteiger charge is 2.39. The van der Waals surface area contributed by atoms with Gasteiger partial charge in [0.2, 0.25) is 15.9 Å². The highest BCUT2D eigenvalue weighted by atomic mass is 32.2. The maximum absolute atomic E-state index is 14.1. The quantitative estimate of drug-likeness (QED) is 0.254. The van der Waals surface area contributed by atoms with Crippen molar-refractivity contribution in [2.24, 2.45) is 5.14 Å². The zero-order chi connectivity index (χ0) is 30.7. The van der Waals surface area contributed by atoms with E-state index in [9.17, 15) is 31.2 Å². The molecule has 0 aliphatic carbocycles. The number of benzene rings is 3. The molecule has 2 amide bonds. The molecule has 0 saturated heterocycles. The van der Waals surface area contributed by atoms with Gasteiger partial charge in [0.05, 0.1) is 27.3 Å². The molecule has 5 N–H and O–H groups in total. The van der Waals surface area contributed by atoms with Gasteiger partial charge in [-0.2, -0.15) is 18.3 Å². The second-order valence-corrected chi connectivity index (χ2v) is 11.1. The lowest BCUT2D eigenvalue weighted by molar-refractivity contribution is -0.141. The molecule has 3 heterocycles. The van der Waals surface area contributed by atoms with Crippen LogP contribution in [0.1, 0.15) is 22.6 Å². The first-order valence-electron chi connectivity index (χ1n) is 12.5. The molecule has 16 heteroatoms. The van der Waals surface area contributed by atoms with Gasteiger partial charge in [-0.25, -0.2) is 23.1 Å². The molecule has 0 fully saturated rings. The van der Waals surface area contributed by atoms with Gasteiger partial charge >= 0.3 is 6.18 Å². The summed E-state index contributed by atoms with van der Waals surface area (Å²) in [4.78, 5) is 28.0. The van der Waals surface area contributed by atoms with Crippen molar-refractivity contribution in [3.63, 3.8) is 0 Å². The Labute approximate surface area is 240 Å². The van der Waals surface area contributed by atoms with Crippen LogP contribution < -0.4 is 21.1 Å². The van der Waals surface area contributed by atoms with Crippen molar-refractivity contribution in [3.05, 3.63) is 78.1 Å². The summed E-state index contributed by atoms with van der Waals surface area (Å²) in [7, 11) is -4.16. The first kappa shape index (κ1) is 27.9. The van der Waals surface area contributed by atoms with Crippen molar-refractivity contribution in [2.75, 3.05) is 22.5 Å². The van der Waals surface area contributed by atoms with Crippen LogP contribution in [-0.4, -0.2) is 41.7 Å². The topological polar surface area (TPSA) is 179 Å². The Morgan fingerprint density at radius 2 is 1.81 bits per heavy atom. The summed E-state index contributed by atoms with van der Waals surface area (Å²) in [6.07, 6.45) is -5.10. The highest BCUT2D eigenvalue weighted by Crippen LogP contribution is 2.38. The van der Waals surface area contributed by atoms with Crippen molar-refractivity contribution in [1.29, 1.82) is 0 Å². The predicted octanol–water partition coefficient (Wildman–Crippen LogP) is 3.92. The van der Waals surface area contributed by atoms with Crippen LogP contribution in [0.4, 0.5) is 30.4 Å². The fourth-order valence-corrected chi connectivity index (χ4v) is 5.58. The van der Waals surface area contributed by atoms with E-state index in [0.717, 1.165) is 9.58 Å². The largest absolute Gasteiger partial charge is 0.435 e. The van der Waals surface area contributed by atoms with Crippen molar-refractivity contribution in [1.82, 2.24) is 14.9 Å². The number of primary sulfonamides is 1. The fourth-order valence-electron chi connectivity index (χ4n) is 4.82. The van der Waals surface area contributed by atoms with Crippen LogP contribution in [0.2, 0.25) is 0 Å². The number of aromatic nitrogens is 3. The maximum Gasteiger partial charge on any atom is 0.435 e. The molecule has 220 valence electrons. The zero-order valence-electron chi connectivity index (χ0n) is 21.8. The molecule has 12 nitrogen and oxygen atoms in total. The number of nitrogen functional groups attached to an aromatic ring is 1. The third-order valence-electron chi connectivity index (χ3n) is 6.79. The number of sulfonamides is 1. The van der Waals surface area contributed by atoms with E-state index in [-0.39, 0.29) is 57.1 Å². The molecule has 3 aromatic carbocycles. The van der Waals surface area contributed by atoms with E-state index < -0.39 is 39.4 Å². The van der Waals surface area contributed by atoms with E-state index in [0.29, 0.717) is 11.8 Å². The molecule has 0 radical (unpaired) electrons. The van der Waals surface area contributed by atoms with Gasteiger partial charge in [0.25, 0.3) is 5.91 Å². The monoisotopic (exact) mass is 611 g/mol. The number of carbonyl (C=O) groups is 2. The molecular weight excluding hydrogens is 591 g/mol. The number of halogens is 3. The molecule has 0 atom stereocenters. The number of nitrogens with one attached hydrogen (secondary N) is 1. The Hall–Kier alpha value is -5.22. The number of carbonyl (C=O) groups excluding carboxylic acids is 2. The molecule has 5 aromatic rings. The Bertz CT molecular complexity index is 2050. The van der Waals surface area contributed by atoms with E-state index in [2.05, 4.69) is 15.6 Å². The lowest BCUT2D eigenvalue weighted by Gasteiger charge is -2.22. The van der Waals surface area contributed by atoms with Gasteiger partial charge in [-0.1, -0.05) is 29.4 Å². The maximum atomic E-state index is 14.1. The lowest BCUT2D eigenvalue weighted by atomic mass is 10.0. The van der Waals surface area contributed by atoms with Crippen LogP contribution in [-0.2, 0) is 21.0 Å². The number of alkyl halides is 3. The first-order valence-corrected chi connectivity index (χ1v) is 14.1. The van der Waals surface area contributed by atoms with Crippen LogP contribution in [0.15, 0.2) is 76.1 Å². The van der Waals surface area contributed by atoms with Gasteiger partial charge < -0.3 is 15.6 Å². The van der Waals surface area contributed by atoms with Gasteiger partial charge in [0.1, 0.15) is 5.69 Å². The summed E-state index contributed by atoms with van der Waals surface area (Å²) in [5, 5.41) is 16.0. The normalized spacial score (nSPS) is 14.0. The van der Waals surface area contributed by atoms with Crippen LogP contribution in [0.25, 0.3) is 27.8 Å². The van der Waals surface area contributed by atoms with Crippen molar-refractivity contribution in [2.45, 2.75) is 17.5 Å². The zero-order valence-corrected chi connectivity index (χ0v) is 22.6. The van der Waals surface area contributed by atoms with Crippen molar-refractivity contribution >= 4 is 50.0 Å². The first-order chi connectivity index (χ1) is 20.3. The van der Waals surface area contributed by atoms with E-state index in [1.54, 1.807) is 12.1 Å². The van der Waals surface area contributed by atoms with Crippen LogP contribution in [0.5, 0.6) is 0 Å². The predicted molar refractivity (Wildman–Crippen MR) is 149 cm³/mol. The summed E-state index contributed by atoms with van der Waals surface area (Å²) in [6, 6.07) is 15.0. The molecule has 43 heavy (non-hydrogen) atoms. The second kappa shape index (κ2) is 9.95. The Kier molecular flexibility index (Phi) is 6.46. The van der Waals surface area contributed by atoms with E-state index in [1.807, 2.05) is 0 Å². The summed E-state index contributed by atoms with van der Waals surface area (Å²) >= 11 is 0. The number of nitrogens with two attached hydrogens (primary N) is 2. The number of hydrogen-bond donors (Lipinski definition) is 3. The number of nitrogens with zero attached hydrogens (tertiary/aromatic N) is 4. The Balaban J connectivity index is 1.53. The average Bonchev–Trinajstić information content (AvgIpc) is 3.53. The van der Waals surface area contributed by atoms with Gasteiger partial charge in [-0.3, -0.25) is 9.59 Å². The third kappa shape index (κ3) is 4.95. The Morgan fingerprint density at radius 3 is 2.56 bits per heavy atom. The van der Waals surface area contributed by atoms with Gasteiger partial charge in [0, 0.05) is 24.6 Å². The van der Waals surface area contributed by atoms with Crippen LogP contribution >= 0.6 is 0 Å². The van der Waals surface area contributed by atoms with E-state index >= 15 is 0 Å². The molecule has 2 aromatic heterocycles. The SMILES string of the molecule is Nc1noc2ccc(-n3nc(C(F)(F)F)cc3C(=O)N3C(=O)CCNc4ccc(-c5ccccc5S(N)(=O)=O)cc43)cc12. The summed E-state index contributed by atoms with van der Waals surface area (Å²) in [5.74, 6) is -1.84. The number of amides is 2. The fraction of sp³-hybridized carbons (Fsp3) is 0.111. The van der Waals surface area contributed by atoms with E-state index in [1.165, 1.54) is 48.5 Å². The molecule has 0 bridgehead atoms. The molecule has 0 spiro atoms. The lowest BCUT2D eigenvalue weighted by Crippen LogP contribution is -2.37. The highest BCUT2D eigenvalue weighted by molar-refractivity contribution is 7.89. The average molecular weight is 612 g/mol. The number of rotatable bonds is 4. The Morgan fingerprint density at radius 1 is 1.05 bits per heavy atom. The minimum Gasteiger partial charge on any atom is -0.383 e. The third-order valence-corrected chi connectivity index (χ3v) is 7.76. The molecular formula is C27H20F3N7O5S. The summed E-state index contributed by atoms with van der Waals surface area (Å²) in [6.45, 7) is 0.124. The standard InChI is InChI=1S/C27H20F3N7O5S/c28-27(29,30)23-13-20(37(34-23)15-6-8-21-17(12-15)25(31)35-42-21)26(39)36-19-11-14(5-7-18(19)33-10-9-24(36)38)16-3-1-2-4-22(16)43(32,40)41/h1-8,11-13,33H,9-10H2,(H2,31,35)(H2,32,40,41).